The molecule has 0 atom stereocenters. The maximum atomic E-state index is 12.3. The summed E-state index contributed by atoms with van der Waals surface area (Å²) in [5, 5.41) is 16.7. The summed E-state index contributed by atoms with van der Waals surface area (Å²) >= 11 is 1.40. The maximum Gasteiger partial charge on any atom is 0.257 e. The van der Waals surface area contributed by atoms with Crippen molar-refractivity contribution in [2.75, 3.05) is 5.32 Å². The fourth-order valence-electron chi connectivity index (χ4n) is 2.33. The second-order valence-corrected chi connectivity index (χ2v) is 6.95. The highest BCUT2D eigenvalue weighted by atomic mass is 32.1. The number of hydrogen-bond acceptors (Lipinski definition) is 5. The summed E-state index contributed by atoms with van der Waals surface area (Å²) in [5.41, 5.74) is 3.52. The Morgan fingerprint density at radius 1 is 1.17 bits per heavy atom. The fourth-order valence-corrected chi connectivity index (χ4v) is 3.07. The Kier molecular flexibility index (Phi) is 4.44. The van der Waals surface area contributed by atoms with Gasteiger partial charge in [-0.2, -0.15) is 5.10 Å². The van der Waals surface area contributed by atoms with Gasteiger partial charge in [-0.15, -0.1) is 10.2 Å². The van der Waals surface area contributed by atoms with E-state index in [2.05, 4.69) is 20.6 Å². The second-order valence-electron chi connectivity index (χ2n) is 5.94. The molecule has 0 saturated carbocycles. The van der Waals surface area contributed by atoms with Crippen molar-refractivity contribution in [3.63, 3.8) is 0 Å². The standard InChI is InChI=1S/C17H19N5OS/c1-10(2)16-19-20-17(24-16)18-15(23)13-5-7-14(8-6-13)22-12(4)9-11(3)21-22/h5-10H,1-4H3,(H,18,20,23). The van der Waals surface area contributed by atoms with E-state index in [1.54, 1.807) is 12.1 Å². The van der Waals surface area contributed by atoms with Crippen LogP contribution in [-0.2, 0) is 0 Å². The quantitative estimate of drug-likeness (QED) is 0.785. The van der Waals surface area contributed by atoms with Gasteiger partial charge in [-0.1, -0.05) is 25.2 Å². The van der Waals surface area contributed by atoms with Crippen LogP contribution in [0.4, 0.5) is 5.13 Å². The van der Waals surface area contributed by atoms with Crippen LogP contribution in [0.5, 0.6) is 0 Å². The fraction of sp³-hybridized carbons (Fsp3) is 0.294. The lowest BCUT2D eigenvalue weighted by Crippen LogP contribution is -2.12. The number of anilines is 1. The minimum atomic E-state index is -0.193. The zero-order valence-corrected chi connectivity index (χ0v) is 14.9. The molecule has 3 rings (SSSR count). The number of carbonyl (C=O) groups excluding carboxylic acids is 1. The molecule has 0 aliphatic heterocycles. The Labute approximate surface area is 144 Å². The van der Waals surface area contributed by atoms with Crippen LogP contribution in [0, 0.1) is 13.8 Å². The zero-order valence-electron chi connectivity index (χ0n) is 14.1. The predicted molar refractivity (Wildman–Crippen MR) is 95.0 cm³/mol. The van der Waals surface area contributed by atoms with Gasteiger partial charge >= 0.3 is 0 Å². The topological polar surface area (TPSA) is 72.7 Å². The molecular formula is C17H19N5OS. The number of nitrogens with one attached hydrogen (secondary N) is 1. The molecule has 0 saturated heterocycles. The van der Waals surface area contributed by atoms with Crippen molar-refractivity contribution in [1.29, 1.82) is 0 Å². The number of rotatable bonds is 4. The van der Waals surface area contributed by atoms with Crippen LogP contribution in [0.1, 0.15) is 46.5 Å². The van der Waals surface area contributed by atoms with Gasteiger partial charge < -0.3 is 0 Å². The third-order valence-corrected chi connectivity index (χ3v) is 4.68. The van der Waals surface area contributed by atoms with Crippen LogP contribution in [0.25, 0.3) is 5.69 Å². The molecular weight excluding hydrogens is 322 g/mol. The van der Waals surface area contributed by atoms with Gasteiger partial charge in [-0.3, -0.25) is 10.1 Å². The van der Waals surface area contributed by atoms with Gasteiger partial charge in [0.05, 0.1) is 11.4 Å². The van der Waals surface area contributed by atoms with Gasteiger partial charge in [-0.05, 0) is 44.2 Å². The maximum absolute atomic E-state index is 12.3. The van der Waals surface area contributed by atoms with Gasteiger partial charge in [0.1, 0.15) is 5.01 Å². The second kappa shape index (κ2) is 6.52. The van der Waals surface area contributed by atoms with E-state index < -0.39 is 0 Å². The normalized spacial score (nSPS) is 11.0. The SMILES string of the molecule is Cc1cc(C)n(-c2ccc(C(=O)Nc3nnc(C(C)C)s3)cc2)n1. The lowest BCUT2D eigenvalue weighted by atomic mass is 10.2. The van der Waals surface area contributed by atoms with Crippen LogP contribution in [-0.4, -0.2) is 25.9 Å². The van der Waals surface area contributed by atoms with Crippen molar-refractivity contribution < 1.29 is 4.79 Å². The van der Waals surface area contributed by atoms with Gasteiger partial charge in [0.15, 0.2) is 0 Å². The highest BCUT2D eigenvalue weighted by Gasteiger charge is 2.12. The summed E-state index contributed by atoms with van der Waals surface area (Å²) in [4.78, 5) is 12.3. The van der Waals surface area contributed by atoms with E-state index >= 15 is 0 Å². The minimum Gasteiger partial charge on any atom is -0.296 e. The summed E-state index contributed by atoms with van der Waals surface area (Å²) in [6.07, 6.45) is 0. The molecule has 0 fully saturated rings. The predicted octanol–water partition coefficient (Wildman–Crippen LogP) is 3.72. The molecule has 124 valence electrons. The third-order valence-electron chi connectivity index (χ3n) is 3.54. The highest BCUT2D eigenvalue weighted by Crippen LogP contribution is 2.23. The third kappa shape index (κ3) is 3.35. The number of carbonyl (C=O) groups is 1. The monoisotopic (exact) mass is 341 g/mol. The zero-order chi connectivity index (χ0) is 17.3. The Bertz CT molecular complexity index is 863. The van der Waals surface area contributed by atoms with Crippen LogP contribution in [0.15, 0.2) is 30.3 Å². The number of aryl methyl sites for hydroxylation is 2. The summed E-state index contributed by atoms with van der Waals surface area (Å²) in [7, 11) is 0. The Balaban J connectivity index is 1.75. The van der Waals surface area contributed by atoms with Crippen LogP contribution < -0.4 is 5.32 Å². The van der Waals surface area contributed by atoms with Crippen molar-refractivity contribution in [1.82, 2.24) is 20.0 Å². The average molecular weight is 341 g/mol. The van der Waals surface area contributed by atoms with Crippen molar-refractivity contribution in [3.05, 3.63) is 52.3 Å². The average Bonchev–Trinajstić information content (AvgIpc) is 3.14. The van der Waals surface area contributed by atoms with E-state index in [4.69, 9.17) is 0 Å². The van der Waals surface area contributed by atoms with Crippen LogP contribution >= 0.6 is 11.3 Å². The van der Waals surface area contributed by atoms with Gasteiger partial charge in [-0.25, -0.2) is 4.68 Å². The number of amides is 1. The van der Waals surface area contributed by atoms with Gasteiger partial charge in [0.2, 0.25) is 5.13 Å². The van der Waals surface area contributed by atoms with E-state index in [-0.39, 0.29) is 5.91 Å². The highest BCUT2D eigenvalue weighted by molar-refractivity contribution is 7.15. The van der Waals surface area contributed by atoms with E-state index in [1.807, 2.05) is 50.6 Å². The van der Waals surface area contributed by atoms with E-state index in [0.717, 1.165) is 22.1 Å². The summed E-state index contributed by atoms with van der Waals surface area (Å²) < 4.78 is 1.86. The number of nitrogens with zero attached hydrogens (tertiary/aromatic N) is 4. The molecule has 1 aromatic carbocycles. The molecule has 0 unspecified atom stereocenters. The molecule has 1 amide bonds. The molecule has 0 aliphatic carbocycles. The van der Waals surface area contributed by atoms with E-state index in [0.29, 0.717) is 16.6 Å². The van der Waals surface area contributed by atoms with E-state index in [9.17, 15) is 4.79 Å². The Hall–Kier alpha value is -2.54. The number of benzene rings is 1. The number of hydrogen-bond donors (Lipinski definition) is 1. The molecule has 7 heteroatoms. The molecule has 0 radical (unpaired) electrons. The van der Waals surface area contributed by atoms with Crippen molar-refractivity contribution >= 4 is 22.4 Å². The van der Waals surface area contributed by atoms with Gasteiger partial charge in [0, 0.05) is 17.2 Å². The first-order valence-corrected chi connectivity index (χ1v) is 8.54. The smallest absolute Gasteiger partial charge is 0.257 e. The Morgan fingerprint density at radius 3 is 2.42 bits per heavy atom. The van der Waals surface area contributed by atoms with Crippen molar-refractivity contribution in [2.45, 2.75) is 33.6 Å². The molecule has 6 nitrogen and oxygen atoms in total. The summed E-state index contributed by atoms with van der Waals surface area (Å²) in [6.45, 7) is 8.05. The number of aromatic nitrogens is 4. The largest absolute Gasteiger partial charge is 0.296 e. The first-order chi connectivity index (χ1) is 11.4. The molecule has 0 bridgehead atoms. The van der Waals surface area contributed by atoms with Crippen molar-refractivity contribution in [2.24, 2.45) is 0 Å². The summed E-state index contributed by atoms with van der Waals surface area (Å²) in [5.74, 6) is 0.106. The first-order valence-electron chi connectivity index (χ1n) is 7.72. The Morgan fingerprint density at radius 2 is 1.88 bits per heavy atom. The molecule has 2 aromatic heterocycles. The van der Waals surface area contributed by atoms with E-state index in [1.165, 1.54) is 11.3 Å². The van der Waals surface area contributed by atoms with Gasteiger partial charge in [0.25, 0.3) is 5.91 Å². The van der Waals surface area contributed by atoms with Crippen molar-refractivity contribution in [3.8, 4) is 5.69 Å². The van der Waals surface area contributed by atoms with Crippen LogP contribution in [0.3, 0.4) is 0 Å². The first kappa shape index (κ1) is 16.3. The molecule has 1 N–H and O–H groups in total. The van der Waals surface area contributed by atoms with Crippen LogP contribution in [0.2, 0.25) is 0 Å². The minimum absolute atomic E-state index is 0.193. The molecule has 3 aromatic rings. The molecule has 24 heavy (non-hydrogen) atoms. The lowest BCUT2D eigenvalue weighted by molar-refractivity contribution is 0.102. The summed E-state index contributed by atoms with van der Waals surface area (Å²) in [6, 6.07) is 9.35. The molecule has 0 spiro atoms. The molecule has 0 aliphatic rings. The molecule has 2 heterocycles. The lowest BCUT2D eigenvalue weighted by Gasteiger charge is -2.06.